The summed E-state index contributed by atoms with van der Waals surface area (Å²) >= 11 is 0. The number of hydrogen-bond donors (Lipinski definition) is 7. The molecule has 1 saturated heterocycles. The number of hydrogen-bond acceptors (Lipinski definition) is 11. The Bertz CT molecular complexity index is 1260. The Morgan fingerprint density at radius 3 is 2.24 bits per heavy atom. The number of carboxylic acid groups (broad SMARTS) is 1. The van der Waals surface area contributed by atoms with Crippen LogP contribution in [0, 0.1) is 0 Å². The third kappa shape index (κ3) is 3.91. The van der Waals surface area contributed by atoms with Gasteiger partial charge in [0.25, 0.3) is 0 Å². The summed E-state index contributed by atoms with van der Waals surface area (Å²) < 4.78 is 16.0. The Labute approximate surface area is 183 Å². The molecule has 0 aliphatic carbocycles. The molecule has 2 aromatic carbocycles. The van der Waals surface area contributed by atoms with Gasteiger partial charge in [-0.2, -0.15) is 0 Å². The Morgan fingerprint density at radius 1 is 0.939 bits per heavy atom. The Hall–Kier alpha value is -3.84. The van der Waals surface area contributed by atoms with Crippen LogP contribution in [0.3, 0.4) is 0 Å². The van der Waals surface area contributed by atoms with E-state index < -0.39 is 59.4 Å². The van der Waals surface area contributed by atoms with Crippen molar-refractivity contribution in [1.29, 1.82) is 0 Å². The molecule has 33 heavy (non-hydrogen) atoms. The van der Waals surface area contributed by atoms with E-state index in [-0.39, 0.29) is 22.5 Å². The number of carbonyl (C=O) groups is 1. The van der Waals surface area contributed by atoms with Crippen LogP contribution in [0.4, 0.5) is 0 Å². The molecule has 0 radical (unpaired) electrons. The lowest BCUT2D eigenvalue weighted by Crippen LogP contribution is -2.61. The van der Waals surface area contributed by atoms with E-state index in [4.69, 9.17) is 19.0 Å². The first-order chi connectivity index (χ1) is 15.6. The molecule has 0 amide bonds. The standard InChI is InChI=1S/C21H18O12/c22-8-3-1-7(2-4-8)11-5-9(23)13-12(31-11)6-10(24)14(25)18(13)32-21-17(28)15(26)16(27)19(33-21)20(29)30/h1-6,15-17,19,21-22,24-28H,(H,29,30)/t15-,16-,17-,19+,21+/m0/s1. The number of aliphatic hydroxyl groups excluding tert-OH is 3. The molecule has 12 nitrogen and oxygen atoms in total. The van der Waals surface area contributed by atoms with Gasteiger partial charge in [0, 0.05) is 17.7 Å². The number of phenolic OH excluding ortho intramolecular Hbond substituents is 3. The highest BCUT2D eigenvalue weighted by Crippen LogP contribution is 2.43. The Kier molecular flexibility index (Phi) is 5.59. The fraction of sp³-hybridized carbons (Fsp3) is 0.238. The summed E-state index contributed by atoms with van der Waals surface area (Å²) in [7, 11) is 0. The monoisotopic (exact) mass is 462 g/mol. The second-order valence-electron chi connectivity index (χ2n) is 7.32. The van der Waals surface area contributed by atoms with Crippen LogP contribution in [0.1, 0.15) is 0 Å². The van der Waals surface area contributed by atoms with Gasteiger partial charge in [-0.25, -0.2) is 4.79 Å². The summed E-state index contributed by atoms with van der Waals surface area (Å²) in [5, 5.41) is 68.5. The smallest absolute Gasteiger partial charge is 0.335 e. The molecule has 5 atom stereocenters. The SMILES string of the molecule is O=C(O)[C@@H]1O[C@@H](Oc2c(O)c(O)cc3oc(-c4ccc(O)cc4)cc(=O)c23)[C@@H](O)[C@@H](O)[C@@H]1O. The lowest BCUT2D eigenvalue weighted by Gasteiger charge is -2.38. The van der Waals surface area contributed by atoms with E-state index in [0.717, 1.165) is 12.1 Å². The number of aliphatic hydroxyl groups is 3. The van der Waals surface area contributed by atoms with Crippen molar-refractivity contribution in [1.82, 2.24) is 0 Å². The van der Waals surface area contributed by atoms with Crippen LogP contribution < -0.4 is 10.2 Å². The molecule has 0 unspecified atom stereocenters. The maximum atomic E-state index is 12.9. The summed E-state index contributed by atoms with van der Waals surface area (Å²) in [6, 6.07) is 7.67. The van der Waals surface area contributed by atoms with Crippen LogP contribution in [0.15, 0.2) is 45.6 Å². The second-order valence-corrected chi connectivity index (χ2v) is 7.32. The Morgan fingerprint density at radius 2 is 1.61 bits per heavy atom. The topological polar surface area (TPSA) is 207 Å². The van der Waals surface area contributed by atoms with Gasteiger partial charge in [0.05, 0.1) is 0 Å². The number of carboxylic acids is 1. The summed E-state index contributed by atoms with van der Waals surface area (Å²) in [5.41, 5.74) is -0.573. The quantitative estimate of drug-likeness (QED) is 0.253. The molecule has 0 saturated carbocycles. The van der Waals surface area contributed by atoms with Gasteiger partial charge in [-0.05, 0) is 24.3 Å². The molecule has 1 aliphatic heterocycles. The highest BCUT2D eigenvalue weighted by atomic mass is 16.7. The van der Waals surface area contributed by atoms with Crippen LogP contribution in [-0.2, 0) is 9.53 Å². The van der Waals surface area contributed by atoms with E-state index in [1.165, 1.54) is 24.3 Å². The summed E-state index contributed by atoms with van der Waals surface area (Å²) in [5.74, 6) is -4.03. The third-order valence-corrected chi connectivity index (χ3v) is 5.13. The van der Waals surface area contributed by atoms with E-state index in [1.54, 1.807) is 0 Å². The minimum Gasteiger partial charge on any atom is -0.508 e. The first-order valence-electron chi connectivity index (χ1n) is 9.49. The van der Waals surface area contributed by atoms with Crippen LogP contribution in [-0.4, -0.2) is 72.4 Å². The normalized spacial score (nSPS) is 25.1. The molecule has 174 valence electrons. The predicted octanol–water partition coefficient (Wildman–Crippen LogP) is -0.152. The van der Waals surface area contributed by atoms with Gasteiger partial charge in [-0.3, -0.25) is 4.79 Å². The van der Waals surface area contributed by atoms with Gasteiger partial charge in [0.15, 0.2) is 23.0 Å². The fourth-order valence-corrected chi connectivity index (χ4v) is 3.41. The molecule has 1 fully saturated rings. The van der Waals surface area contributed by atoms with E-state index in [0.29, 0.717) is 5.56 Å². The maximum absolute atomic E-state index is 12.9. The van der Waals surface area contributed by atoms with Crippen molar-refractivity contribution in [2.75, 3.05) is 0 Å². The predicted molar refractivity (Wildman–Crippen MR) is 108 cm³/mol. The van der Waals surface area contributed by atoms with Gasteiger partial charge < -0.3 is 49.6 Å². The zero-order valence-corrected chi connectivity index (χ0v) is 16.5. The van der Waals surface area contributed by atoms with Crippen molar-refractivity contribution < 1.29 is 54.4 Å². The fourth-order valence-electron chi connectivity index (χ4n) is 3.41. The zero-order valence-electron chi connectivity index (χ0n) is 16.5. The molecule has 2 heterocycles. The number of phenols is 3. The van der Waals surface area contributed by atoms with Gasteiger partial charge in [0.1, 0.15) is 40.8 Å². The minimum atomic E-state index is -1.99. The molecule has 0 spiro atoms. The van der Waals surface area contributed by atoms with Gasteiger partial charge in [0.2, 0.25) is 12.0 Å². The third-order valence-electron chi connectivity index (χ3n) is 5.13. The van der Waals surface area contributed by atoms with E-state index >= 15 is 0 Å². The lowest BCUT2D eigenvalue weighted by molar-refractivity contribution is -0.271. The highest BCUT2D eigenvalue weighted by molar-refractivity contribution is 5.89. The van der Waals surface area contributed by atoms with Gasteiger partial charge in [-0.1, -0.05) is 0 Å². The maximum Gasteiger partial charge on any atom is 0.335 e. The summed E-state index contributed by atoms with van der Waals surface area (Å²) in [6.07, 6.45) is -9.89. The average Bonchev–Trinajstić information content (AvgIpc) is 2.76. The van der Waals surface area contributed by atoms with Crippen molar-refractivity contribution in [3.8, 4) is 34.3 Å². The molecule has 3 aromatic rings. The average molecular weight is 462 g/mol. The summed E-state index contributed by atoms with van der Waals surface area (Å²) in [6.45, 7) is 0. The van der Waals surface area contributed by atoms with Crippen molar-refractivity contribution in [3.05, 3.63) is 46.6 Å². The van der Waals surface area contributed by atoms with Crippen LogP contribution in [0.5, 0.6) is 23.0 Å². The van der Waals surface area contributed by atoms with Crippen LogP contribution >= 0.6 is 0 Å². The van der Waals surface area contributed by atoms with Crippen molar-refractivity contribution in [2.45, 2.75) is 30.7 Å². The van der Waals surface area contributed by atoms with Crippen molar-refractivity contribution in [2.24, 2.45) is 0 Å². The first-order valence-corrected chi connectivity index (χ1v) is 9.49. The molecule has 1 aliphatic rings. The molecule has 7 N–H and O–H groups in total. The molecule has 1 aromatic heterocycles. The molecule has 0 bridgehead atoms. The van der Waals surface area contributed by atoms with Gasteiger partial charge >= 0.3 is 5.97 Å². The lowest BCUT2D eigenvalue weighted by atomic mass is 9.99. The van der Waals surface area contributed by atoms with Crippen LogP contribution in [0.25, 0.3) is 22.3 Å². The number of aliphatic carboxylic acids is 1. The molecule has 4 rings (SSSR count). The molecular weight excluding hydrogens is 444 g/mol. The van der Waals surface area contributed by atoms with Crippen LogP contribution in [0.2, 0.25) is 0 Å². The van der Waals surface area contributed by atoms with E-state index in [2.05, 4.69) is 0 Å². The first kappa shape index (κ1) is 22.4. The number of benzene rings is 2. The van der Waals surface area contributed by atoms with E-state index in [9.17, 15) is 40.2 Å². The van der Waals surface area contributed by atoms with Crippen molar-refractivity contribution in [3.63, 3.8) is 0 Å². The Balaban J connectivity index is 1.80. The highest BCUT2D eigenvalue weighted by Gasteiger charge is 2.48. The molecule has 12 heteroatoms. The summed E-state index contributed by atoms with van der Waals surface area (Å²) in [4.78, 5) is 24.2. The second kappa shape index (κ2) is 8.26. The molecular formula is C21H18O12. The van der Waals surface area contributed by atoms with E-state index in [1.807, 2.05) is 0 Å². The number of aromatic hydroxyl groups is 3. The largest absolute Gasteiger partial charge is 0.508 e. The number of ether oxygens (including phenoxy) is 2. The van der Waals surface area contributed by atoms with Gasteiger partial charge in [-0.15, -0.1) is 0 Å². The minimum absolute atomic E-state index is 0.0156. The van der Waals surface area contributed by atoms with Crippen molar-refractivity contribution >= 4 is 16.9 Å². The number of rotatable bonds is 4. The zero-order chi connectivity index (χ0) is 24.0. The number of fused-ring (bicyclic) bond motifs is 1.